The average Bonchev–Trinajstić information content (AvgIpc) is 2.48. The SMILES string of the molecule is NCCN1CCN(c2cccc3c2OCCO3)CC1. The van der Waals surface area contributed by atoms with Crippen molar-refractivity contribution < 1.29 is 9.47 Å². The minimum Gasteiger partial charge on any atom is -0.486 e. The molecule has 2 N–H and O–H groups in total. The van der Waals surface area contributed by atoms with Crippen LogP contribution in [0.4, 0.5) is 5.69 Å². The largest absolute Gasteiger partial charge is 0.486 e. The second-order valence-corrected chi connectivity index (χ2v) is 4.92. The maximum atomic E-state index is 5.78. The maximum absolute atomic E-state index is 5.78. The molecule has 1 saturated heterocycles. The molecule has 0 aliphatic carbocycles. The summed E-state index contributed by atoms with van der Waals surface area (Å²) in [7, 11) is 0. The molecular formula is C14H21N3O2. The van der Waals surface area contributed by atoms with Gasteiger partial charge in [0.05, 0.1) is 5.69 Å². The van der Waals surface area contributed by atoms with Crippen molar-refractivity contribution in [1.82, 2.24) is 4.90 Å². The summed E-state index contributed by atoms with van der Waals surface area (Å²) in [6, 6.07) is 6.13. The lowest BCUT2D eigenvalue weighted by atomic mass is 10.2. The van der Waals surface area contributed by atoms with E-state index in [1.54, 1.807) is 0 Å². The number of anilines is 1. The van der Waals surface area contributed by atoms with E-state index < -0.39 is 0 Å². The van der Waals surface area contributed by atoms with E-state index in [4.69, 9.17) is 15.2 Å². The van der Waals surface area contributed by atoms with Crippen LogP contribution in [0, 0.1) is 0 Å². The Labute approximate surface area is 113 Å². The Morgan fingerprint density at radius 3 is 2.63 bits per heavy atom. The molecular weight excluding hydrogens is 242 g/mol. The molecule has 2 heterocycles. The number of benzene rings is 1. The topological polar surface area (TPSA) is 51.0 Å². The molecule has 2 aliphatic rings. The van der Waals surface area contributed by atoms with Crippen LogP contribution in [0.2, 0.25) is 0 Å². The summed E-state index contributed by atoms with van der Waals surface area (Å²) in [4.78, 5) is 4.78. The summed E-state index contributed by atoms with van der Waals surface area (Å²) < 4.78 is 11.4. The van der Waals surface area contributed by atoms with Crippen LogP contribution in [-0.2, 0) is 0 Å². The molecule has 1 aromatic rings. The molecule has 104 valence electrons. The van der Waals surface area contributed by atoms with Gasteiger partial charge in [-0.2, -0.15) is 0 Å². The highest BCUT2D eigenvalue weighted by Crippen LogP contribution is 2.39. The van der Waals surface area contributed by atoms with Crippen LogP contribution in [0.5, 0.6) is 11.5 Å². The summed E-state index contributed by atoms with van der Waals surface area (Å²) in [5, 5.41) is 0. The van der Waals surface area contributed by atoms with Gasteiger partial charge in [0.1, 0.15) is 13.2 Å². The Morgan fingerprint density at radius 1 is 1.05 bits per heavy atom. The highest BCUT2D eigenvalue weighted by atomic mass is 16.6. The molecule has 0 atom stereocenters. The lowest BCUT2D eigenvalue weighted by Gasteiger charge is -2.37. The number of nitrogens with two attached hydrogens (primary N) is 1. The number of hydrogen-bond acceptors (Lipinski definition) is 5. The van der Waals surface area contributed by atoms with Gasteiger partial charge < -0.3 is 20.1 Å². The highest BCUT2D eigenvalue weighted by molar-refractivity contribution is 5.65. The van der Waals surface area contributed by atoms with Crippen molar-refractivity contribution in [2.45, 2.75) is 0 Å². The maximum Gasteiger partial charge on any atom is 0.184 e. The van der Waals surface area contributed by atoms with Gasteiger partial charge in [-0.25, -0.2) is 0 Å². The molecule has 19 heavy (non-hydrogen) atoms. The van der Waals surface area contributed by atoms with Gasteiger partial charge in [0.25, 0.3) is 0 Å². The van der Waals surface area contributed by atoms with Crippen LogP contribution in [0.25, 0.3) is 0 Å². The van der Waals surface area contributed by atoms with Crippen LogP contribution < -0.4 is 20.1 Å². The molecule has 0 saturated carbocycles. The minimum absolute atomic E-state index is 0.636. The van der Waals surface area contributed by atoms with E-state index in [-0.39, 0.29) is 0 Å². The fourth-order valence-corrected chi connectivity index (χ4v) is 2.70. The Hall–Kier alpha value is -1.46. The number of ether oxygens (including phenoxy) is 2. The van der Waals surface area contributed by atoms with Gasteiger partial charge in [0, 0.05) is 39.3 Å². The first-order chi connectivity index (χ1) is 9.38. The number of nitrogens with zero attached hydrogens (tertiary/aromatic N) is 2. The van der Waals surface area contributed by atoms with Crippen LogP contribution in [0.15, 0.2) is 18.2 Å². The van der Waals surface area contributed by atoms with Crippen molar-refractivity contribution in [2.24, 2.45) is 5.73 Å². The standard InChI is InChI=1S/C14H21N3O2/c15-4-5-16-6-8-17(9-7-16)12-2-1-3-13-14(12)19-11-10-18-13/h1-3H,4-11,15H2. The zero-order valence-corrected chi connectivity index (χ0v) is 11.2. The van der Waals surface area contributed by atoms with E-state index >= 15 is 0 Å². The van der Waals surface area contributed by atoms with Crippen LogP contribution in [0.3, 0.4) is 0 Å². The molecule has 0 spiro atoms. The minimum atomic E-state index is 0.636. The van der Waals surface area contributed by atoms with E-state index in [9.17, 15) is 0 Å². The molecule has 1 aromatic carbocycles. The molecule has 0 bridgehead atoms. The summed E-state index contributed by atoms with van der Waals surface area (Å²) in [5.41, 5.74) is 6.76. The molecule has 0 amide bonds. The van der Waals surface area contributed by atoms with E-state index in [0.717, 1.165) is 56.5 Å². The normalized spacial score (nSPS) is 19.5. The summed E-state index contributed by atoms with van der Waals surface area (Å²) in [5.74, 6) is 1.77. The molecule has 0 radical (unpaired) electrons. The molecule has 1 fully saturated rings. The van der Waals surface area contributed by atoms with Crippen LogP contribution in [0.1, 0.15) is 0 Å². The lowest BCUT2D eigenvalue weighted by Crippen LogP contribution is -2.48. The monoisotopic (exact) mass is 263 g/mol. The van der Waals surface area contributed by atoms with Gasteiger partial charge in [0.2, 0.25) is 0 Å². The van der Waals surface area contributed by atoms with Crippen LogP contribution >= 0.6 is 0 Å². The van der Waals surface area contributed by atoms with Gasteiger partial charge in [-0.05, 0) is 12.1 Å². The molecule has 0 unspecified atom stereocenters. The van der Waals surface area contributed by atoms with Crippen molar-refractivity contribution in [3.05, 3.63) is 18.2 Å². The molecule has 0 aromatic heterocycles. The van der Waals surface area contributed by atoms with Gasteiger partial charge in [-0.1, -0.05) is 6.07 Å². The Morgan fingerprint density at radius 2 is 1.84 bits per heavy atom. The van der Waals surface area contributed by atoms with Crippen molar-refractivity contribution in [3.63, 3.8) is 0 Å². The van der Waals surface area contributed by atoms with Crippen molar-refractivity contribution in [1.29, 1.82) is 0 Å². The van der Waals surface area contributed by atoms with Crippen molar-refractivity contribution >= 4 is 5.69 Å². The number of hydrogen-bond donors (Lipinski definition) is 1. The third-order valence-electron chi connectivity index (χ3n) is 3.70. The van der Waals surface area contributed by atoms with E-state index in [1.807, 2.05) is 12.1 Å². The summed E-state index contributed by atoms with van der Waals surface area (Å²) >= 11 is 0. The van der Waals surface area contributed by atoms with Gasteiger partial charge in [0.15, 0.2) is 11.5 Å². The quantitative estimate of drug-likeness (QED) is 0.862. The van der Waals surface area contributed by atoms with E-state index in [1.165, 1.54) is 0 Å². The smallest absolute Gasteiger partial charge is 0.184 e. The van der Waals surface area contributed by atoms with Crippen LogP contribution in [-0.4, -0.2) is 57.4 Å². The summed E-state index contributed by atoms with van der Waals surface area (Å²) in [6.45, 7) is 7.14. The first-order valence-electron chi connectivity index (χ1n) is 6.94. The molecule has 2 aliphatic heterocycles. The van der Waals surface area contributed by atoms with Gasteiger partial charge in [-0.15, -0.1) is 0 Å². The third kappa shape index (κ3) is 2.62. The number of para-hydroxylation sites is 1. The second-order valence-electron chi connectivity index (χ2n) is 4.92. The highest BCUT2D eigenvalue weighted by Gasteiger charge is 2.23. The zero-order chi connectivity index (χ0) is 13.1. The number of piperazine rings is 1. The second kappa shape index (κ2) is 5.67. The zero-order valence-electron chi connectivity index (χ0n) is 11.2. The Balaban J connectivity index is 1.73. The van der Waals surface area contributed by atoms with Gasteiger partial charge >= 0.3 is 0 Å². The summed E-state index contributed by atoms with van der Waals surface area (Å²) in [6.07, 6.45) is 0. The fraction of sp³-hybridized carbons (Fsp3) is 0.571. The average molecular weight is 263 g/mol. The lowest BCUT2D eigenvalue weighted by molar-refractivity contribution is 0.171. The number of rotatable bonds is 3. The first-order valence-corrected chi connectivity index (χ1v) is 6.94. The first kappa shape index (κ1) is 12.6. The number of fused-ring (bicyclic) bond motifs is 1. The molecule has 3 rings (SSSR count). The fourth-order valence-electron chi connectivity index (χ4n) is 2.70. The van der Waals surface area contributed by atoms with E-state index in [2.05, 4.69) is 15.9 Å². The predicted molar refractivity (Wildman–Crippen MR) is 75.1 cm³/mol. The van der Waals surface area contributed by atoms with Crippen molar-refractivity contribution in [2.75, 3.05) is 57.4 Å². The van der Waals surface area contributed by atoms with Gasteiger partial charge in [-0.3, -0.25) is 4.90 Å². The Kier molecular flexibility index (Phi) is 3.75. The predicted octanol–water partition coefficient (Wildman–Crippen LogP) is 0.538. The van der Waals surface area contributed by atoms with E-state index in [0.29, 0.717) is 13.2 Å². The Bertz CT molecular complexity index is 431. The third-order valence-corrected chi connectivity index (χ3v) is 3.70. The molecule has 5 nitrogen and oxygen atoms in total. The van der Waals surface area contributed by atoms with Crippen molar-refractivity contribution in [3.8, 4) is 11.5 Å². The molecule has 5 heteroatoms.